The molecule has 0 unspecified atom stereocenters. The van der Waals surface area contributed by atoms with E-state index in [9.17, 15) is 0 Å². The Kier molecular flexibility index (Phi) is 13.7. The highest BCUT2D eigenvalue weighted by Crippen LogP contribution is 2.05. The molecule has 0 aromatic heterocycles. The first-order valence-electron chi connectivity index (χ1n) is 2.64. The largest absolute Gasteiger partial charge is 0.0776 e. The molecular weight excluding hydrogens is 96.1 g/mol. The number of hydrogen-bond donors (Lipinski definition) is 0. The van der Waals surface area contributed by atoms with E-state index >= 15 is 0 Å². The highest BCUT2D eigenvalue weighted by molar-refractivity contribution is 4.46. The zero-order valence-electron chi connectivity index (χ0n) is 5.15. The minimum Gasteiger partial charge on any atom is -0.0776 e. The van der Waals surface area contributed by atoms with Gasteiger partial charge < -0.3 is 0 Å². The van der Waals surface area contributed by atoms with Gasteiger partial charge in [-0.05, 0) is 11.8 Å². The molecule has 0 amide bonds. The molecule has 0 rings (SSSR count). The fourth-order valence-electron chi connectivity index (χ4n) is 0. The van der Waals surface area contributed by atoms with Crippen molar-refractivity contribution in [3.63, 3.8) is 0 Å². The van der Waals surface area contributed by atoms with E-state index in [0.717, 1.165) is 11.8 Å². The van der Waals surface area contributed by atoms with E-state index in [1.165, 1.54) is 0 Å². The summed E-state index contributed by atoms with van der Waals surface area (Å²) in [7, 11) is 0. The van der Waals surface area contributed by atoms with Gasteiger partial charge in [0.2, 0.25) is 0 Å². The van der Waals surface area contributed by atoms with Crippen molar-refractivity contribution in [2.45, 2.75) is 42.5 Å². The van der Waals surface area contributed by atoms with Gasteiger partial charge in [0.05, 0.1) is 0 Å². The van der Waals surface area contributed by atoms with Crippen LogP contribution in [0.4, 0.5) is 0 Å². The zero-order chi connectivity index (χ0) is 5.15. The van der Waals surface area contributed by atoms with Crippen LogP contribution < -0.4 is 0 Å². The Morgan fingerprint density at radius 3 is 0.750 bits per heavy atom. The number of rotatable bonds is 1. The lowest BCUT2D eigenvalue weighted by atomic mass is 10.0. The van der Waals surface area contributed by atoms with Crippen LogP contribution in [0.3, 0.4) is 0 Å². The molecule has 54 valence electrons. The maximum atomic E-state index is 2.24. The molecule has 0 aliphatic carbocycles. The van der Waals surface area contributed by atoms with E-state index in [1.807, 2.05) is 0 Å². The van der Waals surface area contributed by atoms with E-state index in [0.29, 0.717) is 0 Å². The quantitative estimate of drug-likeness (QED) is 0.494. The Bertz CT molecular complexity index is 21.0. The first-order valence-corrected chi connectivity index (χ1v) is 2.64. The third kappa shape index (κ3) is 9.38. The molecule has 0 fully saturated rings. The summed E-state index contributed by atoms with van der Waals surface area (Å²) in [6.45, 7) is 8.96. The van der Waals surface area contributed by atoms with Crippen LogP contribution in [0, 0.1) is 11.8 Å². The summed E-state index contributed by atoms with van der Waals surface area (Å²) in [5, 5.41) is 0. The van der Waals surface area contributed by atoms with Gasteiger partial charge in [-0.2, -0.15) is 0 Å². The molecule has 0 nitrogen and oxygen atoms in total. The monoisotopic (exact) mass is 118 g/mol. The molecule has 0 aliphatic rings. The van der Waals surface area contributed by atoms with E-state index in [2.05, 4.69) is 27.7 Å². The Balaban J connectivity index is -0.000000125. The summed E-state index contributed by atoms with van der Waals surface area (Å²) in [6, 6.07) is 0. The summed E-state index contributed by atoms with van der Waals surface area (Å²) in [5.41, 5.74) is 0. The molecule has 0 saturated heterocycles. The fourth-order valence-corrected chi connectivity index (χ4v) is 0. The molecule has 8 heavy (non-hydrogen) atoms. The molecule has 0 atom stereocenters. The van der Waals surface area contributed by atoms with Crippen LogP contribution in [-0.2, 0) is 0 Å². The molecule has 0 N–H and O–H groups in total. The van der Waals surface area contributed by atoms with Crippen LogP contribution in [0.15, 0.2) is 0 Å². The van der Waals surface area contributed by atoms with Gasteiger partial charge in [0.15, 0.2) is 0 Å². The van der Waals surface area contributed by atoms with Crippen molar-refractivity contribution in [1.82, 2.24) is 0 Å². The second kappa shape index (κ2) is 7.00. The predicted octanol–water partition coefficient (Wildman–Crippen LogP) is 3.57. The normalized spacial score (nSPS) is 8.25. The zero-order valence-corrected chi connectivity index (χ0v) is 5.15. The van der Waals surface area contributed by atoms with Gasteiger partial charge in [-0.25, -0.2) is 0 Å². The first-order chi connectivity index (χ1) is 2.64. The van der Waals surface area contributed by atoms with Crippen LogP contribution in [-0.4, -0.2) is 0 Å². The van der Waals surface area contributed by atoms with Crippen LogP contribution >= 0.6 is 0 Å². The maximum Gasteiger partial charge on any atom is -0.0448 e. The second-order valence-electron chi connectivity index (χ2n) is 2.49. The van der Waals surface area contributed by atoms with Crippen LogP contribution in [0.1, 0.15) is 42.5 Å². The summed E-state index contributed by atoms with van der Waals surface area (Å²) >= 11 is 0. The first kappa shape index (κ1) is 15.7. The molecular formula is C8H22. The van der Waals surface area contributed by atoms with E-state index in [-0.39, 0.29) is 14.9 Å². The lowest BCUT2D eigenvalue weighted by molar-refractivity contribution is 0.457. The topological polar surface area (TPSA) is 0 Å². The molecule has 0 bridgehead atoms. The van der Waals surface area contributed by atoms with Crippen LogP contribution in [0.5, 0.6) is 0 Å². The molecule has 0 radical (unpaired) electrons. The van der Waals surface area contributed by atoms with Crippen molar-refractivity contribution >= 4 is 0 Å². The third-order valence-corrected chi connectivity index (χ3v) is 1.33. The van der Waals surface area contributed by atoms with Gasteiger partial charge >= 0.3 is 0 Å². The van der Waals surface area contributed by atoms with Crippen molar-refractivity contribution in [2.24, 2.45) is 11.8 Å². The molecule has 0 spiro atoms. The van der Waals surface area contributed by atoms with Crippen molar-refractivity contribution in [1.29, 1.82) is 0 Å². The molecule has 0 saturated carbocycles. The third-order valence-electron chi connectivity index (χ3n) is 1.33. The van der Waals surface area contributed by atoms with Crippen molar-refractivity contribution in [3.8, 4) is 0 Å². The van der Waals surface area contributed by atoms with Gasteiger partial charge in [-0.1, -0.05) is 42.5 Å². The second-order valence-corrected chi connectivity index (χ2v) is 2.49. The van der Waals surface area contributed by atoms with Gasteiger partial charge in [-0.15, -0.1) is 0 Å². The Hall–Kier alpha value is 0. The predicted molar refractivity (Wildman–Crippen MR) is 43.1 cm³/mol. The summed E-state index contributed by atoms with van der Waals surface area (Å²) in [6.07, 6.45) is 0. The highest BCUT2D eigenvalue weighted by atomic mass is 14.0. The maximum absolute atomic E-state index is 2.24. The molecule has 0 aromatic rings. The van der Waals surface area contributed by atoms with E-state index < -0.39 is 0 Å². The highest BCUT2D eigenvalue weighted by Gasteiger charge is 1.95. The number of hydrogen-bond acceptors (Lipinski definition) is 0. The van der Waals surface area contributed by atoms with Crippen molar-refractivity contribution < 1.29 is 0 Å². The van der Waals surface area contributed by atoms with Crippen molar-refractivity contribution in [3.05, 3.63) is 0 Å². The van der Waals surface area contributed by atoms with Gasteiger partial charge in [0.1, 0.15) is 0 Å². The summed E-state index contributed by atoms with van der Waals surface area (Å²) in [5.74, 6) is 1.70. The van der Waals surface area contributed by atoms with Gasteiger partial charge in [0.25, 0.3) is 0 Å². The molecule has 0 heterocycles. The average molecular weight is 118 g/mol. The standard InChI is InChI=1S/C6H14.2CH4/c1-5(2)6(3)4;;/h5-6H,1-4H3;2*1H4. The van der Waals surface area contributed by atoms with Gasteiger partial charge in [-0.3, -0.25) is 0 Å². The lowest BCUT2D eigenvalue weighted by Crippen LogP contribution is -1.95. The Morgan fingerprint density at radius 1 is 0.625 bits per heavy atom. The fraction of sp³-hybridized carbons (Fsp3) is 1.00. The van der Waals surface area contributed by atoms with E-state index in [4.69, 9.17) is 0 Å². The smallest absolute Gasteiger partial charge is 0.0448 e. The summed E-state index contributed by atoms with van der Waals surface area (Å²) in [4.78, 5) is 0. The average Bonchev–Trinajstić information content (AvgIpc) is 1.36. The Labute approximate surface area is 55.3 Å². The lowest BCUT2D eigenvalue weighted by Gasteiger charge is -2.05. The van der Waals surface area contributed by atoms with E-state index in [1.54, 1.807) is 0 Å². The van der Waals surface area contributed by atoms with Crippen LogP contribution in [0.25, 0.3) is 0 Å². The minimum absolute atomic E-state index is 0. The minimum atomic E-state index is 0. The summed E-state index contributed by atoms with van der Waals surface area (Å²) < 4.78 is 0. The molecule has 0 aliphatic heterocycles. The SMILES string of the molecule is C.C.CC(C)C(C)C. The van der Waals surface area contributed by atoms with Crippen LogP contribution in [0.2, 0.25) is 0 Å². The van der Waals surface area contributed by atoms with Crippen molar-refractivity contribution in [2.75, 3.05) is 0 Å². The Morgan fingerprint density at radius 2 is 0.750 bits per heavy atom. The van der Waals surface area contributed by atoms with Gasteiger partial charge in [0, 0.05) is 0 Å². The molecule has 0 aromatic carbocycles. The molecule has 0 heteroatoms.